The number of esters is 3. The van der Waals surface area contributed by atoms with Crippen molar-refractivity contribution in [3.05, 3.63) is 35.1 Å². The molecular formula is C29H33NO14. The van der Waals surface area contributed by atoms with Crippen LogP contribution >= 0.6 is 0 Å². The van der Waals surface area contributed by atoms with Crippen LogP contribution in [-0.4, -0.2) is 112 Å². The number of aliphatic hydroxyl groups is 2. The quantitative estimate of drug-likeness (QED) is 0.184. The first kappa shape index (κ1) is 31.2. The fourth-order valence-electron chi connectivity index (χ4n) is 6.88. The highest BCUT2D eigenvalue weighted by Gasteiger charge is 2.72. The standard InChI is InChI=1S/C29H33NO14/c1-13(26(37)43-18(25(35)36)12-20(32)33)41-27(38)15(31)11-21(34)42-17-6-7-29(39)19-10-14-4-5-16(40-3)23-22(14)28(29,24(17)44-23)8-9-30(19)2/h4-6,13,15,18-19,24,31,39H,7-12H2,1-3H3,(H,32,33)(H,35,36)/t13-,15-,18+,19+,24-,28-,29+/m0/s1. The van der Waals surface area contributed by atoms with E-state index in [4.69, 9.17) is 29.2 Å². The maximum Gasteiger partial charge on any atom is 0.348 e. The zero-order valence-corrected chi connectivity index (χ0v) is 24.2. The van der Waals surface area contributed by atoms with E-state index in [0.717, 1.165) is 18.1 Å². The Balaban J connectivity index is 1.27. The molecule has 1 aromatic carbocycles. The van der Waals surface area contributed by atoms with Crippen LogP contribution < -0.4 is 9.47 Å². The minimum atomic E-state index is -2.07. The van der Waals surface area contributed by atoms with Crippen molar-refractivity contribution < 1.29 is 68.1 Å². The van der Waals surface area contributed by atoms with E-state index in [9.17, 15) is 34.2 Å². The van der Waals surface area contributed by atoms with E-state index in [0.29, 0.717) is 30.9 Å². The van der Waals surface area contributed by atoms with Gasteiger partial charge < -0.3 is 49.0 Å². The molecule has 1 aromatic rings. The number of nitrogens with zero attached hydrogens (tertiary/aromatic N) is 1. The van der Waals surface area contributed by atoms with Crippen molar-refractivity contribution in [2.45, 2.75) is 80.5 Å². The van der Waals surface area contributed by atoms with Crippen LogP contribution in [0.5, 0.6) is 11.5 Å². The molecule has 1 spiro atoms. The number of piperidine rings is 1. The first-order chi connectivity index (χ1) is 20.7. The van der Waals surface area contributed by atoms with Gasteiger partial charge in [0.25, 0.3) is 0 Å². The summed E-state index contributed by atoms with van der Waals surface area (Å²) in [5.41, 5.74) is -0.342. The highest BCUT2D eigenvalue weighted by atomic mass is 16.6. The van der Waals surface area contributed by atoms with Gasteiger partial charge in [0.15, 0.2) is 29.8 Å². The maximum absolute atomic E-state index is 12.9. The number of aliphatic carboxylic acids is 2. The largest absolute Gasteiger partial charge is 0.493 e. The number of carbonyl (C=O) groups excluding carboxylic acids is 3. The lowest BCUT2D eigenvalue weighted by Gasteiger charge is -2.61. The number of hydrogen-bond acceptors (Lipinski definition) is 13. The second-order valence-electron chi connectivity index (χ2n) is 11.4. The molecule has 1 fully saturated rings. The van der Waals surface area contributed by atoms with Gasteiger partial charge in [-0.3, -0.25) is 9.59 Å². The van der Waals surface area contributed by atoms with Gasteiger partial charge in [0, 0.05) is 18.0 Å². The normalized spacial score (nSPS) is 28.2. The summed E-state index contributed by atoms with van der Waals surface area (Å²) in [4.78, 5) is 61.5. The van der Waals surface area contributed by atoms with Crippen LogP contribution in [0.4, 0.5) is 0 Å². The molecule has 44 heavy (non-hydrogen) atoms. The van der Waals surface area contributed by atoms with Crippen molar-refractivity contribution in [2.24, 2.45) is 0 Å². The van der Waals surface area contributed by atoms with Crippen molar-refractivity contribution in [2.75, 3.05) is 20.7 Å². The SMILES string of the molecule is COc1ccc2c3c1O[C@H]1C(OC(=O)C[C@H](O)C(=O)O[C@@H](C)C(=O)O[C@H](CC(=O)O)C(=O)O)=CC[C@@]4(O)[C@@H](C2)N(C)CC[C@]314. The van der Waals surface area contributed by atoms with Crippen molar-refractivity contribution >= 4 is 29.8 Å². The molecule has 2 aliphatic heterocycles. The Morgan fingerprint density at radius 3 is 2.50 bits per heavy atom. The van der Waals surface area contributed by atoms with E-state index >= 15 is 0 Å². The predicted molar refractivity (Wildman–Crippen MR) is 144 cm³/mol. The molecule has 4 N–H and O–H groups in total. The van der Waals surface area contributed by atoms with E-state index in [1.807, 2.05) is 13.1 Å². The maximum atomic E-state index is 12.9. The number of aliphatic hydroxyl groups excluding tert-OH is 1. The first-order valence-corrected chi connectivity index (χ1v) is 14.0. The minimum Gasteiger partial charge on any atom is -0.493 e. The molecular weight excluding hydrogens is 586 g/mol. The number of carboxylic acids is 2. The van der Waals surface area contributed by atoms with Gasteiger partial charge in [0.1, 0.15) is 5.76 Å². The average Bonchev–Trinajstić information content (AvgIpc) is 3.31. The molecule has 2 heterocycles. The lowest BCUT2D eigenvalue weighted by atomic mass is 9.50. The molecule has 238 valence electrons. The van der Waals surface area contributed by atoms with Crippen LogP contribution in [0, 0.1) is 0 Å². The van der Waals surface area contributed by atoms with Gasteiger partial charge in [-0.15, -0.1) is 0 Å². The third-order valence-corrected chi connectivity index (χ3v) is 8.94. The molecule has 0 saturated carbocycles. The number of hydrogen-bond donors (Lipinski definition) is 4. The van der Waals surface area contributed by atoms with Gasteiger partial charge >= 0.3 is 29.8 Å². The monoisotopic (exact) mass is 619 g/mol. The lowest BCUT2D eigenvalue weighted by Crippen LogP contribution is -2.74. The van der Waals surface area contributed by atoms with Crippen molar-refractivity contribution in [3.63, 3.8) is 0 Å². The Hall–Kier alpha value is -4.21. The third-order valence-electron chi connectivity index (χ3n) is 8.94. The number of benzene rings is 1. The summed E-state index contributed by atoms with van der Waals surface area (Å²) >= 11 is 0. The summed E-state index contributed by atoms with van der Waals surface area (Å²) in [7, 11) is 3.46. The number of methoxy groups -OCH3 is 1. The highest BCUT2D eigenvalue weighted by molar-refractivity contribution is 5.87. The number of likely N-dealkylation sites (tertiary alicyclic amines) is 1. The van der Waals surface area contributed by atoms with Crippen LogP contribution in [0.3, 0.4) is 0 Å². The molecule has 0 radical (unpaired) electrons. The molecule has 1 saturated heterocycles. The Bertz CT molecular complexity index is 1440. The zero-order valence-electron chi connectivity index (χ0n) is 24.2. The Kier molecular flexibility index (Phi) is 8.07. The molecule has 4 aliphatic rings. The van der Waals surface area contributed by atoms with E-state index in [1.165, 1.54) is 7.11 Å². The number of rotatable bonds is 11. The van der Waals surface area contributed by atoms with E-state index in [-0.39, 0.29) is 18.2 Å². The van der Waals surface area contributed by atoms with E-state index in [1.54, 1.807) is 12.1 Å². The molecule has 0 unspecified atom stereocenters. The number of carboxylic acid groups (broad SMARTS) is 2. The molecule has 5 rings (SSSR count). The van der Waals surface area contributed by atoms with E-state index < -0.39 is 78.1 Å². The smallest absolute Gasteiger partial charge is 0.348 e. The molecule has 0 aromatic heterocycles. The molecule has 15 nitrogen and oxygen atoms in total. The van der Waals surface area contributed by atoms with Crippen LogP contribution in [-0.2, 0) is 50.0 Å². The molecule has 7 atom stereocenters. The number of likely N-dealkylation sites (N-methyl/N-ethyl adjacent to an activating group) is 1. The molecule has 15 heteroatoms. The van der Waals surface area contributed by atoms with Gasteiger partial charge in [-0.25, -0.2) is 14.4 Å². The van der Waals surface area contributed by atoms with Gasteiger partial charge in [0.2, 0.25) is 6.10 Å². The van der Waals surface area contributed by atoms with Crippen molar-refractivity contribution in [1.29, 1.82) is 0 Å². The van der Waals surface area contributed by atoms with Gasteiger partial charge in [0.05, 0.1) is 31.0 Å². The molecule has 0 amide bonds. The fourth-order valence-corrected chi connectivity index (χ4v) is 6.88. The van der Waals surface area contributed by atoms with Crippen molar-refractivity contribution in [1.82, 2.24) is 4.90 Å². The van der Waals surface area contributed by atoms with Crippen LogP contribution in [0.25, 0.3) is 0 Å². The lowest BCUT2D eigenvalue weighted by molar-refractivity contribution is -0.181. The Morgan fingerprint density at radius 1 is 1.11 bits per heavy atom. The molecule has 2 aliphatic carbocycles. The summed E-state index contributed by atoms with van der Waals surface area (Å²) in [5, 5.41) is 40.3. The second-order valence-corrected chi connectivity index (χ2v) is 11.4. The van der Waals surface area contributed by atoms with Gasteiger partial charge in [-0.2, -0.15) is 0 Å². The zero-order chi connectivity index (χ0) is 32.1. The summed E-state index contributed by atoms with van der Waals surface area (Å²) < 4.78 is 26.9. The Morgan fingerprint density at radius 2 is 1.84 bits per heavy atom. The van der Waals surface area contributed by atoms with Gasteiger partial charge in [-0.1, -0.05) is 6.07 Å². The first-order valence-electron chi connectivity index (χ1n) is 14.0. The van der Waals surface area contributed by atoms with Crippen molar-refractivity contribution in [3.8, 4) is 11.5 Å². The second kappa shape index (κ2) is 11.4. The number of carbonyl (C=O) groups is 5. The van der Waals surface area contributed by atoms with Crippen LogP contribution in [0.1, 0.15) is 43.7 Å². The summed E-state index contributed by atoms with van der Waals surface area (Å²) in [6.07, 6.45) is -5.76. The third kappa shape index (κ3) is 4.94. The van der Waals surface area contributed by atoms with Gasteiger partial charge in [-0.05, 0) is 51.1 Å². The summed E-state index contributed by atoms with van der Waals surface area (Å²) in [5.74, 6) is -5.97. The minimum absolute atomic E-state index is 0.115. The van der Waals surface area contributed by atoms with E-state index in [2.05, 4.69) is 9.64 Å². The summed E-state index contributed by atoms with van der Waals surface area (Å²) in [6, 6.07) is 3.53. The predicted octanol–water partition coefficient (Wildman–Crippen LogP) is -0.330. The topological polar surface area (TPSA) is 216 Å². The average molecular weight is 620 g/mol. The van der Waals surface area contributed by atoms with Crippen LogP contribution in [0.2, 0.25) is 0 Å². The summed E-state index contributed by atoms with van der Waals surface area (Å²) in [6.45, 7) is 1.67. The van der Waals surface area contributed by atoms with Crippen LogP contribution in [0.15, 0.2) is 24.0 Å². The Labute approximate surface area is 250 Å². The highest BCUT2D eigenvalue weighted by Crippen LogP contribution is 2.65. The fraction of sp³-hybridized carbons (Fsp3) is 0.552. The molecule has 2 bridgehead atoms. The number of ether oxygens (including phenoxy) is 5.